The zero-order valence-corrected chi connectivity index (χ0v) is 10.8. The van der Waals surface area contributed by atoms with Crippen molar-refractivity contribution < 1.29 is 9.18 Å². The third-order valence-corrected chi connectivity index (χ3v) is 3.40. The average Bonchev–Trinajstić information content (AvgIpc) is 2.41. The number of halogens is 1. The number of hydrogen-bond acceptors (Lipinski definition) is 3. The van der Waals surface area contributed by atoms with Crippen molar-refractivity contribution in [3.8, 4) is 6.07 Å². The lowest BCUT2D eigenvalue weighted by Gasteiger charge is -2.34. The Labute approximate surface area is 111 Å². The summed E-state index contributed by atoms with van der Waals surface area (Å²) < 4.78 is 14.0. The third kappa shape index (κ3) is 2.74. The average molecular weight is 261 g/mol. The van der Waals surface area contributed by atoms with Gasteiger partial charge in [0.15, 0.2) is 0 Å². The fourth-order valence-electron chi connectivity index (χ4n) is 2.40. The SMILES string of the molecule is CCC1C(=O)NCCN1Cc1cccc(C#N)c1F. The molecule has 1 N–H and O–H groups in total. The van der Waals surface area contributed by atoms with Gasteiger partial charge < -0.3 is 5.32 Å². The van der Waals surface area contributed by atoms with Gasteiger partial charge in [0.05, 0.1) is 11.6 Å². The molecule has 100 valence electrons. The number of nitriles is 1. The van der Waals surface area contributed by atoms with Gasteiger partial charge in [-0.25, -0.2) is 4.39 Å². The van der Waals surface area contributed by atoms with E-state index >= 15 is 0 Å². The van der Waals surface area contributed by atoms with Gasteiger partial charge in [-0.3, -0.25) is 9.69 Å². The molecule has 0 spiro atoms. The van der Waals surface area contributed by atoms with Crippen LogP contribution in [-0.2, 0) is 11.3 Å². The molecule has 5 heteroatoms. The molecule has 0 radical (unpaired) electrons. The molecule has 1 aliphatic rings. The normalized spacial score (nSPS) is 19.8. The highest BCUT2D eigenvalue weighted by atomic mass is 19.1. The van der Waals surface area contributed by atoms with Gasteiger partial charge in [-0.1, -0.05) is 19.1 Å². The smallest absolute Gasteiger partial charge is 0.237 e. The van der Waals surface area contributed by atoms with Crippen LogP contribution in [0.3, 0.4) is 0 Å². The van der Waals surface area contributed by atoms with Crippen LogP contribution in [0.5, 0.6) is 0 Å². The van der Waals surface area contributed by atoms with Gasteiger partial charge in [0, 0.05) is 25.2 Å². The molecule has 1 unspecified atom stereocenters. The van der Waals surface area contributed by atoms with Crippen molar-refractivity contribution in [3.05, 3.63) is 35.1 Å². The van der Waals surface area contributed by atoms with Crippen LogP contribution in [0.1, 0.15) is 24.5 Å². The monoisotopic (exact) mass is 261 g/mol. The predicted octanol–water partition coefficient (Wildman–Crippen LogP) is 1.41. The Balaban J connectivity index is 2.21. The van der Waals surface area contributed by atoms with Crippen LogP contribution < -0.4 is 5.32 Å². The maximum absolute atomic E-state index is 14.0. The van der Waals surface area contributed by atoms with Gasteiger partial charge >= 0.3 is 0 Å². The Hall–Kier alpha value is -1.93. The summed E-state index contributed by atoms with van der Waals surface area (Å²) in [6.07, 6.45) is 0.686. The number of carbonyl (C=O) groups is 1. The van der Waals surface area contributed by atoms with E-state index in [-0.39, 0.29) is 17.5 Å². The molecule has 0 saturated carbocycles. The van der Waals surface area contributed by atoms with Crippen LogP contribution in [0.4, 0.5) is 4.39 Å². The third-order valence-electron chi connectivity index (χ3n) is 3.40. The first-order valence-electron chi connectivity index (χ1n) is 6.36. The summed E-state index contributed by atoms with van der Waals surface area (Å²) in [6, 6.07) is 6.40. The molecular formula is C14H16FN3O. The Morgan fingerprint density at radius 1 is 1.58 bits per heavy atom. The second-order valence-electron chi connectivity index (χ2n) is 4.58. The molecule has 1 saturated heterocycles. The van der Waals surface area contributed by atoms with Crippen LogP contribution in [0.2, 0.25) is 0 Å². The molecule has 4 nitrogen and oxygen atoms in total. The molecule has 1 heterocycles. The Kier molecular flexibility index (Phi) is 4.13. The van der Waals surface area contributed by atoms with Crippen LogP contribution in [0.25, 0.3) is 0 Å². The number of hydrogen-bond donors (Lipinski definition) is 1. The van der Waals surface area contributed by atoms with Gasteiger partial charge in [0.2, 0.25) is 5.91 Å². The molecule has 1 atom stereocenters. The highest BCUT2D eigenvalue weighted by Gasteiger charge is 2.28. The molecule has 1 fully saturated rings. The summed E-state index contributed by atoms with van der Waals surface area (Å²) in [5.41, 5.74) is 0.513. The van der Waals surface area contributed by atoms with Gasteiger partial charge in [-0.05, 0) is 12.5 Å². The van der Waals surface area contributed by atoms with E-state index in [1.807, 2.05) is 17.9 Å². The fourth-order valence-corrected chi connectivity index (χ4v) is 2.40. The summed E-state index contributed by atoms with van der Waals surface area (Å²) in [4.78, 5) is 13.7. The van der Waals surface area contributed by atoms with Crippen molar-refractivity contribution in [2.24, 2.45) is 0 Å². The molecule has 1 amide bonds. The minimum atomic E-state index is -0.481. The molecule has 19 heavy (non-hydrogen) atoms. The van der Waals surface area contributed by atoms with Gasteiger partial charge in [-0.2, -0.15) is 5.26 Å². The van der Waals surface area contributed by atoms with Crippen molar-refractivity contribution >= 4 is 5.91 Å². The first-order chi connectivity index (χ1) is 9.17. The van der Waals surface area contributed by atoms with E-state index in [4.69, 9.17) is 5.26 Å². The number of nitrogens with one attached hydrogen (secondary N) is 1. The highest BCUT2D eigenvalue weighted by molar-refractivity contribution is 5.82. The molecule has 0 bridgehead atoms. The second-order valence-corrected chi connectivity index (χ2v) is 4.58. The van der Waals surface area contributed by atoms with Crippen LogP contribution >= 0.6 is 0 Å². The summed E-state index contributed by atoms with van der Waals surface area (Å²) in [5, 5.41) is 11.6. The van der Waals surface area contributed by atoms with Gasteiger partial charge in [0.25, 0.3) is 0 Å². The lowest BCUT2D eigenvalue weighted by molar-refractivity contribution is -0.129. The zero-order valence-electron chi connectivity index (χ0n) is 10.8. The second kappa shape index (κ2) is 5.81. The maximum atomic E-state index is 14.0. The van der Waals surface area contributed by atoms with E-state index in [2.05, 4.69) is 5.32 Å². The molecule has 1 aromatic carbocycles. The molecule has 0 aliphatic carbocycles. The van der Waals surface area contributed by atoms with E-state index < -0.39 is 5.82 Å². The standard InChI is InChI=1S/C14H16FN3O/c1-2-12-14(19)17-6-7-18(12)9-11-5-3-4-10(8-16)13(11)15/h3-5,12H,2,6-7,9H2,1H3,(H,17,19). The number of piperazine rings is 1. The van der Waals surface area contributed by atoms with Crippen molar-refractivity contribution in [1.29, 1.82) is 5.26 Å². The van der Waals surface area contributed by atoms with E-state index in [0.717, 1.165) is 0 Å². The Bertz CT molecular complexity index is 524. The zero-order chi connectivity index (χ0) is 13.8. The summed E-state index contributed by atoms with van der Waals surface area (Å²) in [5.74, 6) is -0.489. The summed E-state index contributed by atoms with van der Waals surface area (Å²) >= 11 is 0. The van der Waals surface area contributed by atoms with Gasteiger partial charge in [-0.15, -0.1) is 0 Å². The van der Waals surface area contributed by atoms with Crippen molar-refractivity contribution in [1.82, 2.24) is 10.2 Å². The number of carbonyl (C=O) groups excluding carboxylic acids is 1. The minimum Gasteiger partial charge on any atom is -0.353 e. The molecule has 0 aromatic heterocycles. The van der Waals surface area contributed by atoms with Crippen LogP contribution in [0.15, 0.2) is 18.2 Å². The fraction of sp³-hybridized carbons (Fsp3) is 0.429. The van der Waals surface area contributed by atoms with Crippen molar-refractivity contribution in [3.63, 3.8) is 0 Å². The number of rotatable bonds is 3. The first-order valence-corrected chi connectivity index (χ1v) is 6.36. The van der Waals surface area contributed by atoms with Crippen molar-refractivity contribution in [2.45, 2.75) is 25.9 Å². The molecular weight excluding hydrogens is 245 g/mol. The topological polar surface area (TPSA) is 56.1 Å². The minimum absolute atomic E-state index is 0.00871. The molecule has 1 aromatic rings. The quantitative estimate of drug-likeness (QED) is 0.895. The first kappa shape index (κ1) is 13.5. The lowest BCUT2D eigenvalue weighted by Crippen LogP contribution is -2.54. The summed E-state index contributed by atoms with van der Waals surface area (Å²) in [6.45, 7) is 3.56. The van der Waals surface area contributed by atoms with Gasteiger partial charge in [0.1, 0.15) is 11.9 Å². The largest absolute Gasteiger partial charge is 0.353 e. The maximum Gasteiger partial charge on any atom is 0.237 e. The van der Waals surface area contributed by atoms with Crippen LogP contribution in [-0.4, -0.2) is 29.9 Å². The molecule has 2 rings (SSSR count). The van der Waals surface area contributed by atoms with E-state index in [9.17, 15) is 9.18 Å². The van der Waals surface area contributed by atoms with Crippen molar-refractivity contribution in [2.75, 3.05) is 13.1 Å². The predicted molar refractivity (Wildman–Crippen MR) is 68.6 cm³/mol. The van der Waals surface area contributed by atoms with E-state index in [1.165, 1.54) is 6.07 Å². The van der Waals surface area contributed by atoms with E-state index in [1.54, 1.807) is 12.1 Å². The number of benzene rings is 1. The number of amides is 1. The highest BCUT2D eigenvalue weighted by Crippen LogP contribution is 2.18. The van der Waals surface area contributed by atoms with E-state index in [0.29, 0.717) is 31.6 Å². The molecule has 1 aliphatic heterocycles. The van der Waals surface area contributed by atoms with Crippen LogP contribution in [0, 0.1) is 17.1 Å². The number of nitrogens with zero attached hydrogens (tertiary/aromatic N) is 2. The Morgan fingerprint density at radius 2 is 2.37 bits per heavy atom. The Morgan fingerprint density at radius 3 is 3.05 bits per heavy atom. The summed E-state index contributed by atoms with van der Waals surface area (Å²) in [7, 11) is 0. The lowest BCUT2D eigenvalue weighted by atomic mass is 10.1.